The molecule has 0 aliphatic rings. The van der Waals surface area contributed by atoms with Crippen LogP contribution in [0.4, 0.5) is 13.2 Å². The first-order valence-electron chi connectivity index (χ1n) is 3.77. The van der Waals surface area contributed by atoms with Crippen LogP contribution in [0.2, 0.25) is 0 Å². The van der Waals surface area contributed by atoms with Crippen LogP contribution in [0.25, 0.3) is 0 Å². The Kier molecular flexibility index (Phi) is 3.70. The van der Waals surface area contributed by atoms with E-state index in [1.54, 1.807) is 0 Å². The summed E-state index contributed by atoms with van der Waals surface area (Å²) >= 11 is 1.10. The smallest absolute Gasteiger partial charge is 0.330 e. The van der Waals surface area contributed by atoms with Gasteiger partial charge in [0, 0.05) is 18.5 Å². The van der Waals surface area contributed by atoms with E-state index in [4.69, 9.17) is 5.73 Å². The van der Waals surface area contributed by atoms with E-state index in [1.807, 2.05) is 0 Å². The second-order valence-corrected chi connectivity index (χ2v) is 3.42. The molecule has 1 rings (SSSR count). The predicted molar refractivity (Wildman–Crippen MR) is 46.8 cm³/mol. The van der Waals surface area contributed by atoms with E-state index in [2.05, 4.69) is 9.97 Å². The van der Waals surface area contributed by atoms with Gasteiger partial charge in [0.2, 0.25) is 0 Å². The van der Waals surface area contributed by atoms with Crippen LogP contribution in [0, 0.1) is 0 Å². The fourth-order valence-electron chi connectivity index (χ4n) is 0.718. The minimum absolute atomic E-state index is 0.102. The Balaban J connectivity index is 2.79. The first kappa shape index (κ1) is 11.3. The van der Waals surface area contributed by atoms with Crippen molar-refractivity contribution in [2.45, 2.75) is 11.3 Å². The van der Waals surface area contributed by atoms with Crippen molar-refractivity contribution in [3.8, 4) is 0 Å². The lowest BCUT2D eigenvalue weighted by atomic mass is 10.4. The van der Waals surface area contributed by atoms with Crippen LogP contribution < -0.4 is 5.73 Å². The molecule has 0 aromatic carbocycles. The Morgan fingerprint density at radius 1 is 1.43 bits per heavy atom. The Hall–Kier alpha value is -0.820. The molecule has 3 nitrogen and oxygen atoms in total. The fraction of sp³-hybridized carbons (Fsp3) is 0.429. The van der Waals surface area contributed by atoms with Gasteiger partial charge in [-0.2, -0.15) is 13.2 Å². The highest BCUT2D eigenvalue weighted by atomic mass is 32.2. The van der Waals surface area contributed by atoms with Crippen LogP contribution in [0.15, 0.2) is 17.4 Å². The van der Waals surface area contributed by atoms with Gasteiger partial charge in [-0.15, -0.1) is 0 Å². The zero-order valence-corrected chi connectivity index (χ0v) is 7.90. The maximum Gasteiger partial charge on any atom is 0.433 e. The molecule has 1 aromatic rings. The van der Waals surface area contributed by atoms with Crippen molar-refractivity contribution in [3.05, 3.63) is 18.0 Å². The summed E-state index contributed by atoms with van der Waals surface area (Å²) in [4.78, 5) is 7.04. The largest absolute Gasteiger partial charge is 0.433 e. The van der Waals surface area contributed by atoms with E-state index in [9.17, 15) is 13.2 Å². The molecule has 0 radical (unpaired) electrons. The van der Waals surface area contributed by atoms with Crippen LogP contribution in [-0.2, 0) is 6.18 Å². The van der Waals surface area contributed by atoms with Crippen molar-refractivity contribution in [2.75, 3.05) is 12.3 Å². The third-order valence-corrected chi connectivity index (χ3v) is 2.17. The average Bonchev–Trinajstić information content (AvgIpc) is 2.14. The Morgan fingerprint density at radius 2 is 2.14 bits per heavy atom. The van der Waals surface area contributed by atoms with E-state index in [0.717, 1.165) is 24.0 Å². The number of halogens is 3. The number of alkyl halides is 3. The maximum absolute atomic E-state index is 12.2. The lowest BCUT2D eigenvalue weighted by molar-refractivity contribution is -0.141. The highest BCUT2D eigenvalue weighted by molar-refractivity contribution is 7.99. The van der Waals surface area contributed by atoms with Gasteiger partial charge < -0.3 is 5.73 Å². The molecule has 0 aliphatic heterocycles. The number of thioether (sulfide) groups is 1. The van der Waals surface area contributed by atoms with Gasteiger partial charge in [-0.3, -0.25) is 0 Å². The molecule has 78 valence electrons. The van der Waals surface area contributed by atoms with Crippen molar-refractivity contribution < 1.29 is 13.2 Å². The molecule has 1 aromatic heterocycles. The molecule has 0 atom stereocenters. The topological polar surface area (TPSA) is 51.8 Å². The number of nitrogens with zero attached hydrogens (tertiary/aromatic N) is 2. The molecular weight excluding hydrogens is 215 g/mol. The zero-order valence-electron chi connectivity index (χ0n) is 7.08. The third-order valence-electron chi connectivity index (χ3n) is 1.27. The van der Waals surface area contributed by atoms with Crippen LogP contribution in [0.1, 0.15) is 5.69 Å². The molecule has 1 heterocycles. The normalized spacial score (nSPS) is 11.7. The number of nitrogens with two attached hydrogens (primary N) is 1. The molecule has 0 spiro atoms. The standard InChI is InChI=1S/C7H8F3N3S/c8-7(9,10)5-1-3-12-6(13-5)14-4-2-11/h1,3H,2,4,11H2. The summed E-state index contributed by atoms with van der Waals surface area (Å²) in [5.74, 6) is 0.501. The summed E-state index contributed by atoms with van der Waals surface area (Å²) in [7, 11) is 0. The highest BCUT2D eigenvalue weighted by Crippen LogP contribution is 2.28. The average molecular weight is 223 g/mol. The van der Waals surface area contributed by atoms with Crippen molar-refractivity contribution >= 4 is 11.8 Å². The fourth-order valence-corrected chi connectivity index (χ4v) is 1.32. The molecule has 14 heavy (non-hydrogen) atoms. The number of aromatic nitrogens is 2. The second-order valence-electron chi connectivity index (χ2n) is 2.36. The van der Waals surface area contributed by atoms with E-state index >= 15 is 0 Å². The number of hydrogen-bond acceptors (Lipinski definition) is 4. The first-order chi connectivity index (χ1) is 6.54. The molecule has 0 bridgehead atoms. The summed E-state index contributed by atoms with van der Waals surface area (Å²) < 4.78 is 36.5. The van der Waals surface area contributed by atoms with Gasteiger partial charge in [-0.1, -0.05) is 11.8 Å². The van der Waals surface area contributed by atoms with E-state index in [0.29, 0.717) is 12.3 Å². The van der Waals surface area contributed by atoms with Crippen LogP contribution in [0.3, 0.4) is 0 Å². The van der Waals surface area contributed by atoms with Gasteiger partial charge in [0.25, 0.3) is 0 Å². The predicted octanol–water partition coefficient (Wildman–Crippen LogP) is 1.55. The Labute approximate surface area is 82.9 Å². The summed E-state index contributed by atoms with van der Waals surface area (Å²) in [6.07, 6.45) is -3.32. The molecule has 0 saturated carbocycles. The van der Waals surface area contributed by atoms with Gasteiger partial charge in [0.1, 0.15) is 5.69 Å². The van der Waals surface area contributed by atoms with Crippen molar-refractivity contribution in [2.24, 2.45) is 5.73 Å². The highest BCUT2D eigenvalue weighted by Gasteiger charge is 2.32. The quantitative estimate of drug-likeness (QED) is 0.624. The molecule has 0 aliphatic carbocycles. The first-order valence-corrected chi connectivity index (χ1v) is 4.75. The van der Waals surface area contributed by atoms with Gasteiger partial charge in [0.05, 0.1) is 0 Å². The van der Waals surface area contributed by atoms with Gasteiger partial charge in [0.15, 0.2) is 5.16 Å². The van der Waals surface area contributed by atoms with Crippen LogP contribution in [0.5, 0.6) is 0 Å². The molecule has 0 fully saturated rings. The molecule has 2 N–H and O–H groups in total. The summed E-state index contributed by atoms with van der Waals surface area (Å²) in [6.45, 7) is 0.379. The van der Waals surface area contributed by atoms with Crippen LogP contribution in [-0.4, -0.2) is 22.3 Å². The number of hydrogen-bond donors (Lipinski definition) is 1. The summed E-state index contributed by atoms with van der Waals surface area (Å²) in [6, 6.07) is 0.840. The summed E-state index contributed by atoms with van der Waals surface area (Å²) in [5.41, 5.74) is 4.28. The van der Waals surface area contributed by atoms with E-state index in [-0.39, 0.29) is 5.16 Å². The van der Waals surface area contributed by atoms with E-state index < -0.39 is 11.9 Å². The molecular formula is C7H8F3N3S. The van der Waals surface area contributed by atoms with Gasteiger partial charge >= 0.3 is 6.18 Å². The molecule has 0 saturated heterocycles. The lowest BCUT2D eigenvalue weighted by Gasteiger charge is -2.05. The van der Waals surface area contributed by atoms with E-state index in [1.165, 1.54) is 0 Å². The van der Waals surface area contributed by atoms with Crippen molar-refractivity contribution in [1.29, 1.82) is 0 Å². The monoisotopic (exact) mass is 223 g/mol. The minimum Gasteiger partial charge on any atom is -0.330 e. The third kappa shape index (κ3) is 3.15. The lowest BCUT2D eigenvalue weighted by Crippen LogP contribution is -2.09. The Morgan fingerprint density at radius 3 is 2.71 bits per heavy atom. The molecule has 0 unspecified atom stereocenters. The zero-order chi connectivity index (χ0) is 10.6. The number of rotatable bonds is 3. The molecule has 7 heteroatoms. The Bertz CT molecular complexity index is 302. The molecule has 0 amide bonds. The SMILES string of the molecule is NCCSc1nccc(C(F)(F)F)n1. The maximum atomic E-state index is 12.2. The van der Waals surface area contributed by atoms with Crippen LogP contribution >= 0.6 is 11.8 Å². The second kappa shape index (κ2) is 4.61. The van der Waals surface area contributed by atoms with Crippen molar-refractivity contribution in [3.63, 3.8) is 0 Å². The minimum atomic E-state index is -4.42. The summed E-state index contributed by atoms with van der Waals surface area (Å²) in [5, 5.41) is 0.102. The van der Waals surface area contributed by atoms with Crippen molar-refractivity contribution in [1.82, 2.24) is 9.97 Å². The van der Waals surface area contributed by atoms with Gasteiger partial charge in [-0.25, -0.2) is 9.97 Å². The van der Waals surface area contributed by atoms with Gasteiger partial charge in [-0.05, 0) is 6.07 Å².